The third kappa shape index (κ3) is 3.10. The van der Waals surface area contributed by atoms with Gasteiger partial charge in [0.1, 0.15) is 6.10 Å². The van der Waals surface area contributed by atoms with E-state index < -0.39 is 12.2 Å². The monoisotopic (exact) mass is 251 g/mol. The van der Waals surface area contributed by atoms with E-state index in [4.69, 9.17) is 5.73 Å². The Kier molecular flexibility index (Phi) is 4.54. The Bertz CT molecular complexity index is 398. The molecule has 18 heavy (non-hydrogen) atoms. The SMILES string of the molecule is Cc1cc(C(C)(C)C)cc(C)c1C(O)C(O)CN. The van der Waals surface area contributed by atoms with Crippen LogP contribution in [0.5, 0.6) is 0 Å². The molecule has 0 heterocycles. The van der Waals surface area contributed by atoms with Crippen LogP contribution in [0, 0.1) is 13.8 Å². The molecule has 0 spiro atoms. The number of aliphatic hydroxyl groups excluding tert-OH is 2. The number of aryl methyl sites for hydroxylation is 2. The smallest absolute Gasteiger partial charge is 0.107 e. The lowest BCUT2D eigenvalue weighted by molar-refractivity contribution is 0.0235. The molecule has 0 radical (unpaired) electrons. The first-order valence-corrected chi connectivity index (χ1v) is 6.36. The second kappa shape index (κ2) is 5.39. The third-order valence-corrected chi connectivity index (χ3v) is 3.36. The highest BCUT2D eigenvalue weighted by molar-refractivity contribution is 5.42. The molecule has 3 nitrogen and oxygen atoms in total. The summed E-state index contributed by atoms with van der Waals surface area (Å²) in [6.07, 6.45) is -1.83. The van der Waals surface area contributed by atoms with Crippen molar-refractivity contribution in [3.63, 3.8) is 0 Å². The Morgan fingerprint density at radius 1 is 1.11 bits per heavy atom. The quantitative estimate of drug-likeness (QED) is 0.769. The molecule has 0 aliphatic heterocycles. The lowest BCUT2D eigenvalue weighted by Gasteiger charge is -2.25. The summed E-state index contributed by atoms with van der Waals surface area (Å²) in [7, 11) is 0. The fraction of sp³-hybridized carbons (Fsp3) is 0.600. The summed E-state index contributed by atoms with van der Waals surface area (Å²) in [5.41, 5.74) is 9.50. The highest BCUT2D eigenvalue weighted by atomic mass is 16.3. The molecule has 0 amide bonds. The molecule has 1 aromatic carbocycles. The van der Waals surface area contributed by atoms with Gasteiger partial charge in [0.15, 0.2) is 0 Å². The van der Waals surface area contributed by atoms with E-state index in [1.54, 1.807) is 0 Å². The van der Waals surface area contributed by atoms with Gasteiger partial charge in [0, 0.05) is 6.54 Å². The van der Waals surface area contributed by atoms with Gasteiger partial charge >= 0.3 is 0 Å². The Morgan fingerprint density at radius 2 is 1.56 bits per heavy atom. The van der Waals surface area contributed by atoms with Crippen molar-refractivity contribution < 1.29 is 10.2 Å². The number of aliphatic hydroxyl groups is 2. The molecule has 0 fully saturated rings. The average molecular weight is 251 g/mol. The van der Waals surface area contributed by atoms with E-state index in [0.717, 1.165) is 16.7 Å². The van der Waals surface area contributed by atoms with E-state index in [2.05, 4.69) is 32.9 Å². The first kappa shape index (κ1) is 15.2. The van der Waals surface area contributed by atoms with Crippen LogP contribution in [0.25, 0.3) is 0 Å². The van der Waals surface area contributed by atoms with Crippen molar-refractivity contribution in [2.24, 2.45) is 5.73 Å². The van der Waals surface area contributed by atoms with Crippen molar-refractivity contribution in [2.75, 3.05) is 6.54 Å². The van der Waals surface area contributed by atoms with Gasteiger partial charge < -0.3 is 15.9 Å². The molecule has 0 bridgehead atoms. The van der Waals surface area contributed by atoms with E-state index >= 15 is 0 Å². The van der Waals surface area contributed by atoms with Crippen LogP contribution in [0.2, 0.25) is 0 Å². The van der Waals surface area contributed by atoms with Crippen molar-refractivity contribution in [3.8, 4) is 0 Å². The second-order valence-electron chi connectivity index (χ2n) is 6.02. The van der Waals surface area contributed by atoms with Gasteiger partial charge in [-0.3, -0.25) is 0 Å². The van der Waals surface area contributed by atoms with Crippen LogP contribution in [-0.4, -0.2) is 22.9 Å². The molecule has 0 aromatic heterocycles. The first-order chi connectivity index (χ1) is 8.18. The molecule has 2 atom stereocenters. The summed E-state index contributed by atoms with van der Waals surface area (Å²) in [6.45, 7) is 10.5. The molecular formula is C15H25NO2. The van der Waals surface area contributed by atoms with Gasteiger partial charge in [-0.15, -0.1) is 0 Å². The van der Waals surface area contributed by atoms with Crippen LogP contribution in [0.4, 0.5) is 0 Å². The van der Waals surface area contributed by atoms with Gasteiger partial charge in [-0.05, 0) is 41.5 Å². The standard InChI is InChI=1S/C15H25NO2/c1-9-6-11(15(3,4)5)7-10(2)13(9)14(18)12(17)8-16/h6-7,12,14,17-18H,8,16H2,1-5H3. The minimum Gasteiger partial charge on any atom is -0.389 e. The van der Waals surface area contributed by atoms with Crippen molar-refractivity contribution in [1.82, 2.24) is 0 Å². The second-order valence-corrected chi connectivity index (χ2v) is 6.02. The van der Waals surface area contributed by atoms with Gasteiger partial charge in [0.2, 0.25) is 0 Å². The number of rotatable bonds is 3. The highest BCUT2D eigenvalue weighted by Crippen LogP contribution is 2.30. The summed E-state index contributed by atoms with van der Waals surface area (Å²) in [5.74, 6) is 0. The fourth-order valence-electron chi connectivity index (χ4n) is 2.20. The van der Waals surface area contributed by atoms with Crippen LogP contribution < -0.4 is 5.73 Å². The number of benzene rings is 1. The minimum absolute atomic E-state index is 0.0566. The van der Waals surface area contributed by atoms with Crippen molar-refractivity contribution in [2.45, 2.75) is 52.2 Å². The van der Waals surface area contributed by atoms with Crippen LogP contribution in [0.15, 0.2) is 12.1 Å². The van der Waals surface area contributed by atoms with E-state index in [-0.39, 0.29) is 12.0 Å². The summed E-state index contributed by atoms with van der Waals surface area (Å²) < 4.78 is 0. The molecular weight excluding hydrogens is 226 g/mol. The Morgan fingerprint density at radius 3 is 1.89 bits per heavy atom. The molecule has 0 aliphatic rings. The summed E-state index contributed by atoms with van der Waals surface area (Å²) >= 11 is 0. The summed E-state index contributed by atoms with van der Waals surface area (Å²) in [4.78, 5) is 0. The minimum atomic E-state index is -0.914. The van der Waals surface area contributed by atoms with E-state index in [9.17, 15) is 10.2 Å². The third-order valence-electron chi connectivity index (χ3n) is 3.36. The van der Waals surface area contributed by atoms with Crippen molar-refractivity contribution in [1.29, 1.82) is 0 Å². The Hall–Kier alpha value is -0.900. The van der Waals surface area contributed by atoms with Gasteiger partial charge in [-0.2, -0.15) is 0 Å². The lowest BCUT2D eigenvalue weighted by Crippen LogP contribution is -2.28. The Balaban J connectivity index is 3.25. The lowest BCUT2D eigenvalue weighted by atomic mass is 9.82. The maximum absolute atomic E-state index is 10.1. The maximum Gasteiger partial charge on any atom is 0.107 e. The zero-order valence-corrected chi connectivity index (χ0v) is 12.0. The first-order valence-electron chi connectivity index (χ1n) is 6.36. The number of hydrogen-bond acceptors (Lipinski definition) is 3. The molecule has 102 valence electrons. The largest absolute Gasteiger partial charge is 0.389 e. The highest BCUT2D eigenvalue weighted by Gasteiger charge is 2.23. The summed E-state index contributed by atoms with van der Waals surface area (Å²) in [5, 5.41) is 19.8. The zero-order valence-electron chi connectivity index (χ0n) is 12.0. The molecule has 0 saturated carbocycles. The fourth-order valence-corrected chi connectivity index (χ4v) is 2.20. The molecule has 0 aliphatic carbocycles. The van der Waals surface area contributed by atoms with E-state index in [1.165, 1.54) is 5.56 Å². The topological polar surface area (TPSA) is 66.5 Å². The zero-order chi connectivity index (χ0) is 14.1. The van der Waals surface area contributed by atoms with E-state index in [0.29, 0.717) is 0 Å². The summed E-state index contributed by atoms with van der Waals surface area (Å²) in [6, 6.07) is 4.16. The number of nitrogens with two attached hydrogens (primary N) is 1. The molecule has 2 unspecified atom stereocenters. The molecule has 1 rings (SSSR count). The maximum atomic E-state index is 10.1. The predicted molar refractivity (Wildman–Crippen MR) is 74.6 cm³/mol. The van der Waals surface area contributed by atoms with Crippen molar-refractivity contribution >= 4 is 0 Å². The molecule has 4 N–H and O–H groups in total. The average Bonchev–Trinajstić information content (AvgIpc) is 2.25. The van der Waals surface area contributed by atoms with Crippen LogP contribution >= 0.6 is 0 Å². The van der Waals surface area contributed by atoms with Gasteiger partial charge in [-0.25, -0.2) is 0 Å². The van der Waals surface area contributed by atoms with Crippen LogP contribution in [-0.2, 0) is 5.41 Å². The molecule has 1 aromatic rings. The van der Waals surface area contributed by atoms with Gasteiger partial charge in [-0.1, -0.05) is 32.9 Å². The van der Waals surface area contributed by atoms with Crippen LogP contribution in [0.3, 0.4) is 0 Å². The predicted octanol–water partition coefficient (Wildman–Crippen LogP) is 1.95. The molecule has 3 heteroatoms. The molecule has 0 saturated heterocycles. The van der Waals surface area contributed by atoms with Gasteiger partial charge in [0.05, 0.1) is 6.10 Å². The number of hydrogen-bond donors (Lipinski definition) is 3. The van der Waals surface area contributed by atoms with Gasteiger partial charge in [0.25, 0.3) is 0 Å². The Labute approximate surface area is 110 Å². The van der Waals surface area contributed by atoms with E-state index in [1.807, 2.05) is 13.8 Å². The van der Waals surface area contributed by atoms with Crippen LogP contribution in [0.1, 0.15) is 49.1 Å². The normalized spacial score (nSPS) is 15.6. The van der Waals surface area contributed by atoms with Crippen molar-refractivity contribution in [3.05, 3.63) is 34.4 Å².